The molecule has 2 aromatic carbocycles. The van der Waals surface area contributed by atoms with Crippen LogP contribution in [0.2, 0.25) is 0 Å². The van der Waals surface area contributed by atoms with Crippen LogP contribution in [0, 0.1) is 20.8 Å². The number of hydrogen-bond donors (Lipinski definition) is 1. The van der Waals surface area contributed by atoms with Crippen molar-refractivity contribution in [3.05, 3.63) is 68.7 Å². The summed E-state index contributed by atoms with van der Waals surface area (Å²) in [4.78, 5) is 0. The molecule has 0 amide bonds. The van der Waals surface area contributed by atoms with Crippen molar-refractivity contribution < 1.29 is 5.11 Å². The first-order chi connectivity index (χ1) is 8.95. The average molecular weight is 319 g/mol. The van der Waals surface area contributed by atoms with E-state index in [9.17, 15) is 5.11 Å². The summed E-state index contributed by atoms with van der Waals surface area (Å²) in [6.45, 7) is 6.22. The predicted molar refractivity (Wildman–Crippen MR) is 83.5 cm³/mol. The van der Waals surface area contributed by atoms with E-state index in [0.29, 0.717) is 6.42 Å². The van der Waals surface area contributed by atoms with Crippen molar-refractivity contribution in [3.8, 4) is 0 Å². The van der Waals surface area contributed by atoms with Gasteiger partial charge in [-0.1, -0.05) is 57.4 Å². The van der Waals surface area contributed by atoms with E-state index in [1.165, 1.54) is 22.3 Å². The third kappa shape index (κ3) is 3.68. The van der Waals surface area contributed by atoms with Crippen LogP contribution in [0.1, 0.15) is 33.9 Å². The van der Waals surface area contributed by atoms with Gasteiger partial charge in [-0.25, -0.2) is 0 Å². The molecule has 1 nitrogen and oxygen atoms in total. The molecule has 1 unspecified atom stereocenters. The van der Waals surface area contributed by atoms with Crippen LogP contribution in [-0.2, 0) is 6.42 Å². The zero-order chi connectivity index (χ0) is 14.0. The van der Waals surface area contributed by atoms with Crippen LogP contribution in [0.15, 0.2) is 40.9 Å². The first-order valence-electron chi connectivity index (χ1n) is 6.47. The fourth-order valence-corrected chi connectivity index (χ4v) is 2.74. The van der Waals surface area contributed by atoms with Gasteiger partial charge in [0.2, 0.25) is 0 Å². The monoisotopic (exact) mass is 318 g/mol. The molecule has 0 radical (unpaired) electrons. The molecule has 2 heteroatoms. The number of aryl methyl sites for hydroxylation is 3. The molecule has 0 aliphatic carbocycles. The summed E-state index contributed by atoms with van der Waals surface area (Å²) in [5.74, 6) is 0. The molecular formula is C17H19BrO. The molecule has 0 aliphatic heterocycles. The molecule has 2 rings (SSSR count). The summed E-state index contributed by atoms with van der Waals surface area (Å²) < 4.78 is 1.05. The lowest BCUT2D eigenvalue weighted by Crippen LogP contribution is -2.02. The van der Waals surface area contributed by atoms with Gasteiger partial charge in [0.25, 0.3) is 0 Å². The van der Waals surface area contributed by atoms with Crippen LogP contribution < -0.4 is 0 Å². The Balaban J connectivity index is 2.20. The molecule has 0 bridgehead atoms. The molecule has 0 saturated carbocycles. The van der Waals surface area contributed by atoms with Crippen molar-refractivity contribution in [2.24, 2.45) is 0 Å². The molecule has 0 aliphatic rings. The Morgan fingerprint density at radius 3 is 2.21 bits per heavy atom. The molecule has 100 valence electrons. The summed E-state index contributed by atoms with van der Waals surface area (Å²) in [7, 11) is 0. The average Bonchev–Trinajstić information content (AvgIpc) is 2.31. The van der Waals surface area contributed by atoms with E-state index in [1.807, 2.05) is 25.1 Å². The third-order valence-electron chi connectivity index (χ3n) is 3.29. The maximum Gasteiger partial charge on any atom is 0.0830 e. The minimum atomic E-state index is -0.460. The first kappa shape index (κ1) is 14.3. The van der Waals surface area contributed by atoms with Gasteiger partial charge in [-0.3, -0.25) is 0 Å². The fourth-order valence-electron chi connectivity index (χ4n) is 2.34. The highest BCUT2D eigenvalue weighted by Gasteiger charge is 2.10. The number of benzene rings is 2. The highest BCUT2D eigenvalue weighted by molar-refractivity contribution is 9.10. The van der Waals surface area contributed by atoms with E-state index < -0.39 is 6.10 Å². The minimum Gasteiger partial charge on any atom is -0.388 e. The van der Waals surface area contributed by atoms with Crippen LogP contribution >= 0.6 is 15.9 Å². The lowest BCUT2D eigenvalue weighted by molar-refractivity contribution is 0.178. The first-order valence-corrected chi connectivity index (χ1v) is 7.26. The normalized spacial score (nSPS) is 12.5. The van der Waals surface area contributed by atoms with Gasteiger partial charge in [-0.15, -0.1) is 0 Å². The Kier molecular flexibility index (Phi) is 4.43. The van der Waals surface area contributed by atoms with Crippen molar-refractivity contribution >= 4 is 15.9 Å². The Morgan fingerprint density at radius 2 is 1.63 bits per heavy atom. The zero-order valence-electron chi connectivity index (χ0n) is 11.6. The molecule has 0 spiro atoms. The molecule has 0 fully saturated rings. The number of aliphatic hydroxyl groups is 1. The van der Waals surface area contributed by atoms with E-state index in [4.69, 9.17) is 0 Å². The van der Waals surface area contributed by atoms with Gasteiger partial charge in [0.1, 0.15) is 0 Å². The van der Waals surface area contributed by atoms with E-state index in [0.717, 1.165) is 10.0 Å². The molecule has 0 saturated heterocycles. The second kappa shape index (κ2) is 5.89. The quantitative estimate of drug-likeness (QED) is 0.873. The van der Waals surface area contributed by atoms with E-state index in [-0.39, 0.29) is 0 Å². The Morgan fingerprint density at radius 1 is 1.00 bits per heavy atom. The summed E-state index contributed by atoms with van der Waals surface area (Å²) in [5.41, 5.74) is 5.81. The smallest absolute Gasteiger partial charge is 0.0830 e. The standard InChI is InChI=1S/C17H19BrO/c1-11-6-12(2)8-14(7-11)9-17(19)15-5-4-13(3)16(18)10-15/h4-8,10,17,19H,9H2,1-3H3. The molecule has 1 atom stereocenters. The zero-order valence-corrected chi connectivity index (χ0v) is 13.2. The third-order valence-corrected chi connectivity index (χ3v) is 4.15. The van der Waals surface area contributed by atoms with Crippen molar-refractivity contribution in [2.75, 3.05) is 0 Å². The highest BCUT2D eigenvalue weighted by atomic mass is 79.9. The number of hydrogen-bond acceptors (Lipinski definition) is 1. The van der Waals surface area contributed by atoms with E-state index in [2.05, 4.69) is 48.0 Å². The van der Waals surface area contributed by atoms with Crippen LogP contribution in [0.5, 0.6) is 0 Å². The SMILES string of the molecule is Cc1cc(C)cc(CC(O)c2ccc(C)c(Br)c2)c1. The largest absolute Gasteiger partial charge is 0.388 e. The molecule has 1 N–H and O–H groups in total. The molecule has 2 aromatic rings. The van der Waals surface area contributed by atoms with Gasteiger partial charge in [-0.2, -0.15) is 0 Å². The van der Waals surface area contributed by atoms with Gasteiger partial charge in [0.15, 0.2) is 0 Å². The number of halogens is 1. The second-order valence-corrected chi connectivity index (χ2v) is 6.08. The summed E-state index contributed by atoms with van der Waals surface area (Å²) in [6.07, 6.45) is 0.191. The Hall–Kier alpha value is -1.12. The van der Waals surface area contributed by atoms with Gasteiger partial charge >= 0.3 is 0 Å². The number of rotatable bonds is 3. The van der Waals surface area contributed by atoms with E-state index >= 15 is 0 Å². The second-order valence-electron chi connectivity index (χ2n) is 5.22. The van der Waals surface area contributed by atoms with Crippen LogP contribution in [-0.4, -0.2) is 5.11 Å². The van der Waals surface area contributed by atoms with Crippen LogP contribution in [0.3, 0.4) is 0 Å². The van der Waals surface area contributed by atoms with E-state index in [1.54, 1.807) is 0 Å². The molecular weight excluding hydrogens is 300 g/mol. The summed E-state index contributed by atoms with van der Waals surface area (Å²) >= 11 is 3.51. The predicted octanol–water partition coefficient (Wildman–Crippen LogP) is 4.65. The maximum absolute atomic E-state index is 10.4. The van der Waals surface area contributed by atoms with Gasteiger partial charge in [0.05, 0.1) is 6.10 Å². The van der Waals surface area contributed by atoms with Gasteiger partial charge < -0.3 is 5.11 Å². The van der Waals surface area contributed by atoms with Crippen molar-refractivity contribution in [3.63, 3.8) is 0 Å². The number of aliphatic hydroxyl groups excluding tert-OH is 1. The molecule has 19 heavy (non-hydrogen) atoms. The Bertz CT molecular complexity index is 570. The topological polar surface area (TPSA) is 20.2 Å². The summed E-state index contributed by atoms with van der Waals surface area (Å²) in [6, 6.07) is 12.5. The van der Waals surface area contributed by atoms with Crippen LogP contribution in [0.25, 0.3) is 0 Å². The molecule has 0 heterocycles. The van der Waals surface area contributed by atoms with Crippen molar-refractivity contribution in [2.45, 2.75) is 33.3 Å². The molecule has 0 aromatic heterocycles. The lowest BCUT2D eigenvalue weighted by Gasteiger charge is -2.13. The maximum atomic E-state index is 10.4. The van der Waals surface area contributed by atoms with Gasteiger partial charge in [-0.05, 0) is 43.5 Å². The highest BCUT2D eigenvalue weighted by Crippen LogP contribution is 2.24. The Labute approximate surface area is 123 Å². The van der Waals surface area contributed by atoms with Crippen molar-refractivity contribution in [1.82, 2.24) is 0 Å². The van der Waals surface area contributed by atoms with Crippen molar-refractivity contribution in [1.29, 1.82) is 0 Å². The fraction of sp³-hybridized carbons (Fsp3) is 0.294. The van der Waals surface area contributed by atoms with Gasteiger partial charge in [0, 0.05) is 10.9 Å². The minimum absolute atomic E-state index is 0.460. The lowest BCUT2D eigenvalue weighted by atomic mass is 9.98. The van der Waals surface area contributed by atoms with Crippen LogP contribution in [0.4, 0.5) is 0 Å². The summed E-state index contributed by atoms with van der Waals surface area (Å²) in [5, 5.41) is 10.4.